The molecule has 0 unspecified atom stereocenters. The third-order valence-corrected chi connectivity index (χ3v) is 7.51. The summed E-state index contributed by atoms with van der Waals surface area (Å²) in [5, 5.41) is 0.941. The fourth-order valence-corrected chi connectivity index (χ4v) is 5.17. The maximum Gasteiger partial charge on any atom is 0.416 e. The van der Waals surface area contributed by atoms with E-state index >= 15 is 0 Å². The third kappa shape index (κ3) is 6.23. The second kappa shape index (κ2) is 11.7. The number of amidine groups is 1. The van der Waals surface area contributed by atoms with Gasteiger partial charge in [0.1, 0.15) is 28.7 Å². The lowest BCUT2D eigenvalue weighted by Gasteiger charge is -2.18. The zero-order valence-corrected chi connectivity index (χ0v) is 24.7. The highest BCUT2D eigenvalue weighted by atomic mass is 19.4. The number of fused-ring (bicyclic) bond motifs is 1. The maximum absolute atomic E-state index is 13.6. The molecule has 0 saturated carbocycles. The van der Waals surface area contributed by atoms with Crippen molar-refractivity contribution in [3.05, 3.63) is 137 Å². The first-order chi connectivity index (χ1) is 23.3. The Kier molecular flexibility index (Phi) is 7.50. The molecule has 8 nitrogen and oxygen atoms in total. The monoisotopic (exact) mass is 674 g/mol. The molecule has 1 aliphatic heterocycles. The van der Waals surface area contributed by atoms with Crippen molar-refractivity contribution < 1.29 is 44.8 Å². The molecule has 14 heteroatoms. The number of aromatic nitrogens is 1. The summed E-state index contributed by atoms with van der Waals surface area (Å²) in [4.78, 5) is 34.2. The van der Waals surface area contributed by atoms with E-state index < -0.39 is 35.3 Å². The summed E-state index contributed by atoms with van der Waals surface area (Å²) in [5.41, 5.74) is 2.06. The summed E-state index contributed by atoms with van der Waals surface area (Å²) >= 11 is 0. The van der Waals surface area contributed by atoms with Gasteiger partial charge in [-0.05, 0) is 36.4 Å². The van der Waals surface area contributed by atoms with Gasteiger partial charge in [-0.1, -0.05) is 54.6 Å². The fourth-order valence-electron chi connectivity index (χ4n) is 5.17. The zero-order valence-electron chi connectivity index (χ0n) is 24.7. The molecule has 7 rings (SSSR count). The number of hydrogen-bond acceptors (Lipinski definition) is 5. The molecule has 0 fully saturated rings. The molecule has 246 valence electrons. The predicted octanol–water partition coefficient (Wildman–Crippen LogP) is 8.70. The van der Waals surface area contributed by atoms with Crippen LogP contribution in [-0.4, -0.2) is 27.6 Å². The fraction of sp³-hybridized carbons (Fsp3) is 0.0571. The molecule has 3 aromatic carbocycles. The van der Waals surface area contributed by atoms with Crippen molar-refractivity contribution in [2.45, 2.75) is 12.4 Å². The van der Waals surface area contributed by atoms with Gasteiger partial charge < -0.3 is 13.8 Å². The summed E-state index contributed by atoms with van der Waals surface area (Å²) in [5.74, 6) is -0.996. The number of hydrazine groups is 1. The van der Waals surface area contributed by atoms with Gasteiger partial charge in [0.15, 0.2) is 11.4 Å². The first kappa shape index (κ1) is 31.3. The van der Waals surface area contributed by atoms with E-state index in [1.807, 2.05) is 0 Å². The van der Waals surface area contributed by atoms with E-state index in [1.54, 1.807) is 30.3 Å². The molecule has 49 heavy (non-hydrogen) atoms. The van der Waals surface area contributed by atoms with E-state index in [0.717, 1.165) is 29.3 Å². The van der Waals surface area contributed by atoms with E-state index in [2.05, 4.69) is 15.4 Å². The molecule has 2 amide bonds. The number of halogens is 6. The van der Waals surface area contributed by atoms with Crippen LogP contribution < -0.4 is 5.43 Å². The number of aromatic amines is 1. The number of rotatable bonds is 6. The van der Waals surface area contributed by atoms with E-state index in [9.17, 15) is 35.9 Å². The summed E-state index contributed by atoms with van der Waals surface area (Å²) in [6.45, 7) is 0. The zero-order chi connectivity index (χ0) is 34.5. The number of H-pyrrole nitrogens is 1. The van der Waals surface area contributed by atoms with Crippen molar-refractivity contribution in [1.29, 1.82) is 0 Å². The Labute approximate surface area is 271 Å². The van der Waals surface area contributed by atoms with Gasteiger partial charge in [-0.25, -0.2) is 4.99 Å². The van der Waals surface area contributed by atoms with Crippen LogP contribution in [0.15, 0.2) is 123 Å². The van der Waals surface area contributed by atoms with Crippen molar-refractivity contribution in [2.75, 3.05) is 0 Å². The Bertz CT molecular complexity index is 2260. The summed E-state index contributed by atoms with van der Waals surface area (Å²) in [7, 11) is 0. The van der Waals surface area contributed by atoms with Crippen LogP contribution in [0.25, 0.3) is 39.8 Å². The number of carbonyl (C=O) groups excluding carboxylic acids is 2. The lowest BCUT2D eigenvalue weighted by molar-refractivity contribution is -0.138. The number of nitrogens with zero attached hydrogens (tertiary/aromatic N) is 2. The molecule has 0 bridgehead atoms. The van der Waals surface area contributed by atoms with Gasteiger partial charge in [-0.3, -0.25) is 15.0 Å². The number of carbonyl (C=O) groups is 2. The first-order valence-electron chi connectivity index (χ1n) is 14.4. The number of aliphatic imine (C=N–C) groups is 1. The Morgan fingerprint density at radius 2 is 1.37 bits per heavy atom. The molecule has 6 aromatic rings. The highest BCUT2D eigenvalue weighted by molar-refractivity contribution is 6.20. The minimum atomic E-state index is -4.54. The van der Waals surface area contributed by atoms with Crippen molar-refractivity contribution in [3.63, 3.8) is 0 Å². The highest BCUT2D eigenvalue weighted by Crippen LogP contribution is 2.35. The molecule has 0 aliphatic carbocycles. The van der Waals surface area contributed by atoms with Gasteiger partial charge in [-0.15, -0.1) is 0 Å². The molecule has 0 atom stereocenters. The summed E-state index contributed by atoms with van der Waals surface area (Å²) in [6.07, 6.45) is -7.78. The van der Waals surface area contributed by atoms with Gasteiger partial charge in [0.25, 0.3) is 11.8 Å². The van der Waals surface area contributed by atoms with Gasteiger partial charge >= 0.3 is 12.4 Å². The molecule has 0 saturated heterocycles. The largest absolute Gasteiger partial charge is 0.457 e. The van der Waals surface area contributed by atoms with Crippen LogP contribution >= 0.6 is 0 Å². The van der Waals surface area contributed by atoms with E-state index in [4.69, 9.17) is 8.83 Å². The van der Waals surface area contributed by atoms with Gasteiger partial charge in [-0.2, -0.15) is 31.4 Å². The second-order valence-electron chi connectivity index (χ2n) is 10.8. The van der Waals surface area contributed by atoms with Gasteiger partial charge in [0.2, 0.25) is 0 Å². The Balaban J connectivity index is 1.14. The van der Waals surface area contributed by atoms with Crippen molar-refractivity contribution >= 4 is 34.8 Å². The van der Waals surface area contributed by atoms with Crippen LogP contribution in [0.1, 0.15) is 32.9 Å². The summed E-state index contributed by atoms with van der Waals surface area (Å²) in [6, 6.07) is 23.5. The van der Waals surface area contributed by atoms with Crippen molar-refractivity contribution in [3.8, 4) is 22.6 Å². The predicted molar refractivity (Wildman–Crippen MR) is 165 cm³/mol. The van der Waals surface area contributed by atoms with Crippen molar-refractivity contribution in [1.82, 2.24) is 15.4 Å². The average Bonchev–Trinajstić information content (AvgIpc) is 3.86. The minimum absolute atomic E-state index is 0.0150. The molecule has 0 spiro atoms. The number of alkyl halides is 6. The Hall–Kier alpha value is -6.31. The SMILES string of the molecule is O=C(NN1C(=O)C(=Cc2ccc(-c3cccc(C(F)(F)F)c3)o2)N=C1c1ccccc1)c1cc2oc(-c3cccc(C(F)(F)F)c3)cc2[nH]1. The van der Waals surface area contributed by atoms with E-state index in [1.165, 1.54) is 54.6 Å². The molecule has 0 radical (unpaired) electrons. The molecular formula is C35H20F6N4O4. The Morgan fingerprint density at radius 1 is 0.735 bits per heavy atom. The Morgan fingerprint density at radius 3 is 2.00 bits per heavy atom. The van der Waals surface area contributed by atoms with Crippen LogP contribution in [0.2, 0.25) is 0 Å². The topological polar surface area (TPSA) is 104 Å². The van der Waals surface area contributed by atoms with Crippen LogP contribution in [0.4, 0.5) is 26.3 Å². The molecule has 2 N–H and O–H groups in total. The molecule has 4 heterocycles. The second-order valence-corrected chi connectivity index (χ2v) is 10.8. The van der Waals surface area contributed by atoms with Crippen LogP contribution in [0.5, 0.6) is 0 Å². The molecule has 3 aromatic heterocycles. The summed E-state index contributed by atoms with van der Waals surface area (Å²) < 4.78 is 90.6. The van der Waals surface area contributed by atoms with E-state index in [-0.39, 0.29) is 51.2 Å². The quantitative estimate of drug-likeness (QED) is 0.136. The molecule has 1 aliphatic rings. The van der Waals surface area contributed by atoms with Crippen LogP contribution in [0, 0.1) is 0 Å². The number of hydrogen-bond donors (Lipinski definition) is 2. The maximum atomic E-state index is 13.6. The van der Waals surface area contributed by atoms with Crippen LogP contribution in [-0.2, 0) is 17.1 Å². The number of nitrogens with one attached hydrogen (secondary N) is 2. The van der Waals surface area contributed by atoms with E-state index in [0.29, 0.717) is 11.1 Å². The lowest BCUT2D eigenvalue weighted by Crippen LogP contribution is -2.47. The standard InChI is InChI=1S/C35H20F6N4O4/c36-34(37,38)22-10-4-8-20(14-22)28-13-12-24(48-28)16-27-33(47)45(31(43-27)19-6-2-1-3-7-19)44-32(46)26-18-30-25(42-26)17-29(49-30)21-9-5-11-23(15-21)35(39,40)41/h1-18,42H,(H,44,46). The smallest absolute Gasteiger partial charge is 0.416 e. The van der Waals surface area contributed by atoms with Gasteiger partial charge in [0.05, 0.1) is 16.6 Å². The third-order valence-electron chi connectivity index (χ3n) is 7.51. The number of amides is 2. The highest BCUT2D eigenvalue weighted by Gasteiger charge is 2.34. The van der Waals surface area contributed by atoms with Gasteiger partial charge in [0, 0.05) is 34.9 Å². The molecular weight excluding hydrogens is 654 g/mol. The average molecular weight is 675 g/mol. The van der Waals surface area contributed by atoms with Crippen LogP contribution in [0.3, 0.4) is 0 Å². The first-order valence-corrected chi connectivity index (χ1v) is 14.4. The lowest BCUT2D eigenvalue weighted by atomic mass is 10.1. The number of benzene rings is 3. The minimum Gasteiger partial charge on any atom is -0.457 e. The number of furan rings is 2. The normalized spacial score (nSPS) is 14.6. The van der Waals surface area contributed by atoms with Crippen molar-refractivity contribution in [2.24, 2.45) is 4.99 Å².